The molecule has 0 atom stereocenters. The maximum absolute atomic E-state index is 12.0. The average Bonchev–Trinajstić information content (AvgIpc) is 3.19. The third-order valence-corrected chi connectivity index (χ3v) is 6.38. The number of nitrogens with one attached hydrogen (secondary N) is 1. The zero-order valence-electron chi connectivity index (χ0n) is 17.1. The monoisotopic (exact) mass is 429 g/mol. The first-order chi connectivity index (χ1) is 15.2. The molecule has 0 aliphatic heterocycles. The van der Waals surface area contributed by atoms with E-state index in [-0.39, 0.29) is 12.5 Å². The number of benzene rings is 2. The van der Waals surface area contributed by atoms with Crippen LogP contribution in [0.25, 0.3) is 0 Å². The maximum Gasteiger partial charge on any atom is 0.258 e. The van der Waals surface area contributed by atoms with Crippen LogP contribution in [0.1, 0.15) is 40.0 Å². The van der Waals surface area contributed by atoms with Crippen molar-refractivity contribution in [2.24, 2.45) is 4.99 Å². The Labute approximate surface area is 186 Å². The van der Waals surface area contributed by atoms with Crippen molar-refractivity contribution >= 4 is 28.5 Å². The molecule has 1 aliphatic carbocycles. The number of fused-ring (bicyclic) bond motifs is 1. The lowest BCUT2D eigenvalue weighted by atomic mass is 9.96. The van der Waals surface area contributed by atoms with Crippen molar-refractivity contribution in [3.8, 4) is 11.8 Å². The van der Waals surface area contributed by atoms with E-state index in [9.17, 15) is 10.1 Å². The van der Waals surface area contributed by atoms with Crippen LogP contribution in [0.2, 0.25) is 0 Å². The molecule has 1 amide bonds. The molecule has 0 radical (unpaired) electrons. The predicted molar refractivity (Wildman–Crippen MR) is 123 cm³/mol. The molecule has 1 heterocycles. The number of thiophene rings is 1. The van der Waals surface area contributed by atoms with Gasteiger partial charge in [0.2, 0.25) is 0 Å². The van der Waals surface area contributed by atoms with E-state index < -0.39 is 0 Å². The Balaban J connectivity index is 1.31. The smallest absolute Gasteiger partial charge is 0.258 e. The zero-order chi connectivity index (χ0) is 21.5. The third kappa shape index (κ3) is 5.39. The minimum Gasteiger partial charge on any atom is -0.484 e. The van der Waals surface area contributed by atoms with Crippen LogP contribution < -0.4 is 10.1 Å². The molecule has 5 nitrogen and oxygen atoms in total. The van der Waals surface area contributed by atoms with Gasteiger partial charge in [0.1, 0.15) is 16.8 Å². The number of hydrogen-bond donors (Lipinski definition) is 1. The minimum absolute atomic E-state index is 0.0352. The number of rotatable bonds is 7. The number of aliphatic imine (C=N–C) groups is 1. The SMILES string of the molecule is N#Cc1c(/N=C/c2ccc(OCC(=O)NCc3ccccc3)cc2)sc2c1CCCC2. The van der Waals surface area contributed by atoms with E-state index in [1.165, 1.54) is 16.9 Å². The second kappa shape index (κ2) is 10.1. The maximum atomic E-state index is 12.0. The van der Waals surface area contributed by atoms with E-state index in [4.69, 9.17) is 4.74 Å². The Morgan fingerprint density at radius 1 is 1.13 bits per heavy atom. The number of carbonyl (C=O) groups is 1. The van der Waals surface area contributed by atoms with E-state index in [2.05, 4.69) is 16.4 Å². The Hall–Kier alpha value is -3.43. The van der Waals surface area contributed by atoms with Gasteiger partial charge < -0.3 is 10.1 Å². The van der Waals surface area contributed by atoms with Crippen molar-refractivity contribution in [3.05, 3.63) is 81.7 Å². The summed E-state index contributed by atoms with van der Waals surface area (Å²) in [5.74, 6) is 0.455. The molecule has 1 aromatic heterocycles. The summed E-state index contributed by atoms with van der Waals surface area (Å²) >= 11 is 1.63. The molecule has 6 heteroatoms. The number of nitriles is 1. The quantitative estimate of drug-likeness (QED) is 0.540. The van der Waals surface area contributed by atoms with Crippen LogP contribution in [0.3, 0.4) is 0 Å². The van der Waals surface area contributed by atoms with E-state index >= 15 is 0 Å². The third-order valence-electron chi connectivity index (χ3n) is 5.18. The van der Waals surface area contributed by atoms with Crippen LogP contribution in [0.15, 0.2) is 59.6 Å². The Bertz CT molecular complexity index is 1110. The van der Waals surface area contributed by atoms with Gasteiger partial charge in [0, 0.05) is 17.6 Å². The highest BCUT2D eigenvalue weighted by Gasteiger charge is 2.20. The molecule has 2 aromatic carbocycles. The minimum atomic E-state index is -0.166. The molecule has 0 saturated heterocycles. The van der Waals surface area contributed by atoms with Crippen molar-refractivity contribution in [3.63, 3.8) is 0 Å². The van der Waals surface area contributed by atoms with Gasteiger partial charge in [-0.05, 0) is 66.6 Å². The molecule has 1 aliphatic rings. The lowest BCUT2D eigenvalue weighted by Gasteiger charge is -2.09. The van der Waals surface area contributed by atoms with Crippen LogP contribution in [-0.2, 0) is 24.2 Å². The van der Waals surface area contributed by atoms with Crippen LogP contribution >= 0.6 is 11.3 Å². The highest BCUT2D eigenvalue weighted by molar-refractivity contribution is 7.16. The van der Waals surface area contributed by atoms with Gasteiger partial charge in [-0.1, -0.05) is 30.3 Å². The normalized spacial score (nSPS) is 12.9. The molecule has 0 spiro atoms. The largest absolute Gasteiger partial charge is 0.484 e. The standard InChI is InChI=1S/C25H23N3O2S/c26-14-22-21-8-4-5-9-23(21)31-25(22)28-16-19-10-12-20(13-11-19)30-17-24(29)27-15-18-6-2-1-3-7-18/h1-3,6-7,10-13,16H,4-5,8-9,15,17H2,(H,27,29)/b28-16+. The predicted octanol–water partition coefficient (Wildman–Crippen LogP) is 4.94. The fraction of sp³-hybridized carbons (Fsp3) is 0.240. The van der Waals surface area contributed by atoms with Crippen LogP contribution in [-0.4, -0.2) is 18.7 Å². The molecule has 0 fully saturated rings. The van der Waals surface area contributed by atoms with Crippen LogP contribution in [0.5, 0.6) is 5.75 Å². The number of aryl methyl sites for hydroxylation is 1. The summed E-state index contributed by atoms with van der Waals surface area (Å²) in [4.78, 5) is 17.9. The van der Waals surface area contributed by atoms with Crippen molar-refractivity contribution in [2.45, 2.75) is 32.2 Å². The average molecular weight is 430 g/mol. The lowest BCUT2D eigenvalue weighted by Crippen LogP contribution is -2.28. The van der Waals surface area contributed by atoms with Gasteiger partial charge in [0.25, 0.3) is 5.91 Å². The van der Waals surface area contributed by atoms with Crippen molar-refractivity contribution in [2.75, 3.05) is 6.61 Å². The number of nitrogens with zero attached hydrogens (tertiary/aromatic N) is 2. The van der Waals surface area contributed by atoms with Gasteiger partial charge in [-0.15, -0.1) is 11.3 Å². The highest BCUT2D eigenvalue weighted by Crippen LogP contribution is 2.39. The molecule has 1 N–H and O–H groups in total. The summed E-state index contributed by atoms with van der Waals surface area (Å²) < 4.78 is 5.57. The molecule has 0 bridgehead atoms. The molecular formula is C25H23N3O2S. The molecule has 3 aromatic rings. The first-order valence-corrected chi connectivity index (χ1v) is 11.2. The summed E-state index contributed by atoms with van der Waals surface area (Å²) in [6, 6.07) is 19.5. The Morgan fingerprint density at radius 2 is 1.90 bits per heavy atom. The highest BCUT2D eigenvalue weighted by atomic mass is 32.1. The summed E-state index contributed by atoms with van der Waals surface area (Å²) in [5, 5.41) is 13.2. The van der Waals surface area contributed by atoms with Gasteiger partial charge in [0.05, 0.1) is 5.56 Å². The zero-order valence-corrected chi connectivity index (χ0v) is 18.0. The van der Waals surface area contributed by atoms with Crippen molar-refractivity contribution in [1.82, 2.24) is 5.32 Å². The van der Waals surface area contributed by atoms with Crippen LogP contribution in [0.4, 0.5) is 5.00 Å². The van der Waals surface area contributed by atoms with E-state index in [1.54, 1.807) is 17.6 Å². The molecular weight excluding hydrogens is 406 g/mol. The summed E-state index contributed by atoms with van der Waals surface area (Å²) in [5.41, 5.74) is 3.89. The topological polar surface area (TPSA) is 74.5 Å². The second-order valence-corrected chi connectivity index (χ2v) is 8.46. The van der Waals surface area contributed by atoms with Gasteiger partial charge >= 0.3 is 0 Å². The fourth-order valence-electron chi connectivity index (χ4n) is 3.54. The van der Waals surface area contributed by atoms with Gasteiger partial charge in [-0.3, -0.25) is 4.79 Å². The Morgan fingerprint density at radius 3 is 2.68 bits per heavy atom. The van der Waals surface area contributed by atoms with E-state index in [0.717, 1.165) is 41.0 Å². The number of ether oxygens (including phenoxy) is 1. The first kappa shape index (κ1) is 20.8. The summed E-state index contributed by atoms with van der Waals surface area (Å²) in [6.45, 7) is 0.446. The van der Waals surface area contributed by atoms with Crippen molar-refractivity contribution < 1.29 is 9.53 Å². The van der Waals surface area contributed by atoms with Crippen LogP contribution in [0, 0.1) is 11.3 Å². The molecule has 31 heavy (non-hydrogen) atoms. The summed E-state index contributed by atoms with van der Waals surface area (Å²) in [7, 11) is 0. The number of hydrogen-bond acceptors (Lipinski definition) is 5. The van der Waals surface area contributed by atoms with Crippen molar-refractivity contribution in [1.29, 1.82) is 5.26 Å². The summed E-state index contributed by atoms with van der Waals surface area (Å²) in [6.07, 6.45) is 6.14. The molecule has 0 saturated carbocycles. The van der Waals surface area contributed by atoms with Gasteiger partial charge in [-0.25, -0.2) is 4.99 Å². The first-order valence-electron chi connectivity index (χ1n) is 10.3. The fourth-order valence-corrected chi connectivity index (χ4v) is 4.72. The molecule has 4 rings (SSSR count). The second-order valence-electron chi connectivity index (χ2n) is 7.38. The number of carbonyl (C=O) groups excluding carboxylic acids is 1. The van der Waals surface area contributed by atoms with E-state index in [1.807, 2.05) is 54.6 Å². The van der Waals surface area contributed by atoms with E-state index in [0.29, 0.717) is 12.3 Å². The molecule has 0 unspecified atom stereocenters. The number of amides is 1. The van der Waals surface area contributed by atoms with Gasteiger partial charge in [0.15, 0.2) is 6.61 Å². The molecule has 156 valence electrons. The Kier molecular flexibility index (Phi) is 6.75. The lowest BCUT2D eigenvalue weighted by molar-refractivity contribution is -0.123. The van der Waals surface area contributed by atoms with Gasteiger partial charge in [-0.2, -0.15) is 5.26 Å².